The molecule has 2 nitrogen and oxygen atoms in total. The molecule has 0 aromatic heterocycles. The van der Waals surface area contributed by atoms with Crippen LogP contribution in [0.3, 0.4) is 0 Å². The van der Waals surface area contributed by atoms with Crippen LogP contribution in [0.1, 0.15) is 29.5 Å². The van der Waals surface area contributed by atoms with Gasteiger partial charge in [-0.15, -0.1) is 12.4 Å². The van der Waals surface area contributed by atoms with E-state index in [0.717, 1.165) is 43.7 Å². The van der Waals surface area contributed by atoms with Gasteiger partial charge in [0.2, 0.25) is 0 Å². The first-order valence-corrected chi connectivity index (χ1v) is 7.44. The van der Waals surface area contributed by atoms with Gasteiger partial charge in [-0.05, 0) is 69.1 Å². The average Bonchev–Trinajstić information content (AvgIpc) is 2.41. The van der Waals surface area contributed by atoms with Crippen molar-refractivity contribution >= 4 is 12.4 Å². The molecule has 1 atom stereocenters. The van der Waals surface area contributed by atoms with Crippen LogP contribution in [0.25, 0.3) is 0 Å². The number of halogens is 4. The summed E-state index contributed by atoms with van der Waals surface area (Å²) in [6.45, 7) is 5.55. The molecule has 0 aliphatic carbocycles. The molecule has 1 saturated heterocycles. The number of aryl methyl sites for hydroxylation is 1. The van der Waals surface area contributed by atoms with E-state index < -0.39 is 11.7 Å². The Hall–Kier alpha value is -0.780. The number of benzene rings is 1. The van der Waals surface area contributed by atoms with Gasteiger partial charge in [0.05, 0.1) is 5.56 Å². The summed E-state index contributed by atoms with van der Waals surface area (Å²) >= 11 is 0. The van der Waals surface area contributed by atoms with E-state index in [4.69, 9.17) is 0 Å². The summed E-state index contributed by atoms with van der Waals surface area (Å²) in [5.74, 6) is 0.638. The van der Waals surface area contributed by atoms with Crippen LogP contribution in [0, 0.1) is 12.8 Å². The lowest BCUT2D eigenvalue weighted by atomic mass is 9.96. The molecule has 1 fully saturated rings. The summed E-state index contributed by atoms with van der Waals surface area (Å²) in [7, 11) is 1.96. The molecule has 1 N–H and O–H groups in total. The molecule has 1 unspecified atom stereocenters. The molecule has 0 radical (unpaired) electrons. The van der Waals surface area contributed by atoms with E-state index in [9.17, 15) is 13.2 Å². The lowest BCUT2D eigenvalue weighted by molar-refractivity contribution is -0.137. The molecule has 1 aliphatic rings. The summed E-state index contributed by atoms with van der Waals surface area (Å²) < 4.78 is 38.0. The van der Waals surface area contributed by atoms with E-state index in [-0.39, 0.29) is 12.4 Å². The number of nitrogens with one attached hydrogen (secondary N) is 1. The molecule has 126 valence electrons. The predicted molar refractivity (Wildman–Crippen MR) is 85.4 cm³/mol. The number of piperidine rings is 1. The third kappa shape index (κ3) is 5.14. The summed E-state index contributed by atoms with van der Waals surface area (Å²) in [6, 6.07) is 4.07. The summed E-state index contributed by atoms with van der Waals surface area (Å²) in [5.41, 5.74) is 1.16. The van der Waals surface area contributed by atoms with Gasteiger partial charge in [0.25, 0.3) is 0 Å². The number of hydrogen-bond acceptors (Lipinski definition) is 2. The highest BCUT2D eigenvalue weighted by Gasteiger charge is 2.30. The van der Waals surface area contributed by atoms with Crippen molar-refractivity contribution in [1.29, 1.82) is 0 Å². The predicted octanol–water partition coefficient (Wildman–Crippen LogP) is 3.87. The highest BCUT2D eigenvalue weighted by atomic mass is 35.5. The Labute approximate surface area is 136 Å². The molecule has 0 bridgehead atoms. The van der Waals surface area contributed by atoms with Crippen LogP contribution in [0.15, 0.2) is 18.2 Å². The van der Waals surface area contributed by atoms with Crippen molar-refractivity contribution in [3.8, 4) is 0 Å². The minimum Gasteiger partial charge on any atom is -0.319 e. The van der Waals surface area contributed by atoms with Crippen LogP contribution in [-0.4, -0.2) is 31.6 Å². The number of nitrogens with zero attached hydrogens (tertiary/aromatic N) is 1. The van der Waals surface area contributed by atoms with Crippen molar-refractivity contribution in [3.63, 3.8) is 0 Å². The highest BCUT2D eigenvalue weighted by Crippen LogP contribution is 2.31. The van der Waals surface area contributed by atoms with E-state index in [0.29, 0.717) is 5.92 Å². The summed E-state index contributed by atoms with van der Waals surface area (Å²) in [5, 5.41) is 3.21. The second-order valence-electron chi connectivity index (χ2n) is 5.94. The molecule has 1 aromatic carbocycles. The van der Waals surface area contributed by atoms with E-state index in [1.165, 1.54) is 18.6 Å². The molecule has 1 aliphatic heterocycles. The van der Waals surface area contributed by atoms with Crippen LogP contribution in [0.5, 0.6) is 0 Å². The Morgan fingerprint density at radius 3 is 2.64 bits per heavy atom. The fourth-order valence-electron chi connectivity index (χ4n) is 3.04. The van der Waals surface area contributed by atoms with Crippen LogP contribution in [0.2, 0.25) is 0 Å². The average molecular weight is 337 g/mol. The Kier molecular flexibility index (Phi) is 7.16. The van der Waals surface area contributed by atoms with Gasteiger partial charge in [0.1, 0.15) is 0 Å². The number of rotatable bonds is 4. The van der Waals surface area contributed by atoms with Gasteiger partial charge in [0.15, 0.2) is 0 Å². The molecule has 1 heterocycles. The zero-order valence-electron chi connectivity index (χ0n) is 13.0. The Morgan fingerprint density at radius 1 is 1.32 bits per heavy atom. The third-order valence-corrected chi connectivity index (χ3v) is 4.16. The van der Waals surface area contributed by atoms with Crippen molar-refractivity contribution in [2.24, 2.45) is 5.92 Å². The van der Waals surface area contributed by atoms with E-state index in [2.05, 4.69) is 10.2 Å². The maximum Gasteiger partial charge on any atom is 0.416 e. The van der Waals surface area contributed by atoms with Gasteiger partial charge >= 0.3 is 6.18 Å². The van der Waals surface area contributed by atoms with Crippen LogP contribution >= 0.6 is 12.4 Å². The van der Waals surface area contributed by atoms with Crippen LogP contribution < -0.4 is 5.32 Å². The molecular formula is C16H24ClF3N2. The first-order chi connectivity index (χ1) is 9.90. The number of likely N-dealkylation sites (tertiary alicyclic amines) is 1. The van der Waals surface area contributed by atoms with Crippen LogP contribution in [-0.2, 0) is 12.7 Å². The van der Waals surface area contributed by atoms with Gasteiger partial charge in [-0.1, -0.05) is 6.07 Å². The second kappa shape index (κ2) is 8.18. The Morgan fingerprint density at radius 2 is 2.05 bits per heavy atom. The van der Waals surface area contributed by atoms with Gasteiger partial charge in [-0.25, -0.2) is 0 Å². The Bertz CT molecular complexity index is 475. The van der Waals surface area contributed by atoms with Gasteiger partial charge in [-0.3, -0.25) is 4.90 Å². The maximum atomic E-state index is 12.7. The molecule has 6 heteroatoms. The normalized spacial score (nSPS) is 19.8. The topological polar surface area (TPSA) is 15.3 Å². The summed E-state index contributed by atoms with van der Waals surface area (Å²) in [4.78, 5) is 2.35. The van der Waals surface area contributed by atoms with Gasteiger partial charge in [0, 0.05) is 13.1 Å². The standard InChI is InChI=1S/C16H23F3N2.ClH/c1-12-8-15(16(17,18)19)6-5-14(12)11-21-7-3-4-13(10-21)9-20-2;/h5-6,8,13,20H,3-4,7,9-11H2,1-2H3;1H. The van der Waals surface area contributed by atoms with Crippen molar-refractivity contribution in [2.75, 3.05) is 26.7 Å². The first kappa shape index (κ1) is 19.3. The third-order valence-electron chi connectivity index (χ3n) is 4.16. The minimum absolute atomic E-state index is 0. The largest absolute Gasteiger partial charge is 0.416 e. The molecule has 22 heavy (non-hydrogen) atoms. The lowest BCUT2D eigenvalue weighted by Crippen LogP contribution is -2.38. The monoisotopic (exact) mass is 336 g/mol. The van der Waals surface area contributed by atoms with Crippen molar-refractivity contribution in [3.05, 3.63) is 34.9 Å². The number of alkyl halides is 3. The fraction of sp³-hybridized carbons (Fsp3) is 0.625. The minimum atomic E-state index is -4.26. The van der Waals surface area contributed by atoms with Gasteiger partial charge < -0.3 is 5.32 Å². The SMILES string of the molecule is CNCC1CCCN(Cc2ccc(C(F)(F)F)cc2C)C1.Cl. The van der Waals surface area contributed by atoms with E-state index >= 15 is 0 Å². The molecule has 0 amide bonds. The highest BCUT2D eigenvalue weighted by molar-refractivity contribution is 5.85. The summed E-state index contributed by atoms with van der Waals surface area (Å²) in [6.07, 6.45) is -1.87. The van der Waals surface area contributed by atoms with E-state index in [1.807, 2.05) is 7.05 Å². The van der Waals surface area contributed by atoms with Crippen LogP contribution in [0.4, 0.5) is 13.2 Å². The Balaban J connectivity index is 0.00000242. The van der Waals surface area contributed by atoms with Crippen molar-refractivity contribution in [2.45, 2.75) is 32.5 Å². The zero-order valence-corrected chi connectivity index (χ0v) is 13.9. The maximum absolute atomic E-state index is 12.7. The smallest absolute Gasteiger partial charge is 0.319 e. The van der Waals surface area contributed by atoms with Crippen molar-refractivity contribution < 1.29 is 13.2 Å². The molecule has 0 saturated carbocycles. The van der Waals surface area contributed by atoms with Gasteiger partial charge in [-0.2, -0.15) is 13.2 Å². The second-order valence-corrected chi connectivity index (χ2v) is 5.94. The van der Waals surface area contributed by atoms with Crippen molar-refractivity contribution in [1.82, 2.24) is 10.2 Å². The fourth-order valence-corrected chi connectivity index (χ4v) is 3.04. The lowest BCUT2D eigenvalue weighted by Gasteiger charge is -2.33. The number of hydrogen-bond donors (Lipinski definition) is 1. The molecule has 0 spiro atoms. The zero-order chi connectivity index (χ0) is 15.5. The first-order valence-electron chi connectivity index (χ1n) is 7.44. The molecule has 2 rings (SSSR count). The molecule has 1 aromatic rings. The van der Waals surface area contributed by atoms with E-state index in [1.54, 1.807) is 13.0 Å². The quantitative estimate of drug-likeness (QED) is 0.898. The molecular weight excluding hydrogens is 313 g/mol.